The largest absolute Gasteiger partial charge is 0.463 e. The molecule has 6 heteroatoms. The van der Waals surface area contributed by atoms with Crippen molar-refractivity contribution in [1.82, 2.24) is 5.32 Å². The van der Waals surface area contributed by atoms with Crippen LogP contribution in [-0.2, 0) is 10.4 Å². The normalized spacial score (nSPS) is 13.7. The lowest BCUT2D eigenvalue weighted by molar-refractivity contribution is 0.0323. The first-order valence-corrected chi connectivity index (χ1v) is 7.16. The van der Waals surface area contributed by atoms with Gasteiger partial charge in [0.15, 0.2) is 0 Å². The number of aliphatic hydroxyl groups is 1. The smallest absolute Gasteiger partial charge is 0.251 e. The molecule has 0 saturated carbocycles. The molecule has 1 heterocycles. The number of hydrogen-bond donors (Lipinski definition) is 2. The Bertz CT molecular complexity index is 687. The molecule has 0 spiro atoms. The van der Waals surface area contributed by atoms with Crippen molar-refractivity contribution in [1.29, 1.82) is 0 Å². The predicted molar refractivity (Wildman–Crippen MR) is 86.4 cm³/mol. The molecule has 23 heavy (non-hydrogen) atoms. The highest BCUT2D eigenvalue weighted by Crippen LogP contribution is 2.22. The van der Waals surface area contributed by atoms with Gasteiger partial charge < -0.3 is 19.7 Å². The van der Waals surface area contributed by atoms with Crippen molar-refractivity contribution in [2.75, 3.05) is 13.7 Å². The molecule has 0 aliphatic carbocycles. The van der Waals surface area contributed by atoms with E-state index in [0.717, 1.165) is 5.56 Å². The average Bonchev–Trinajstić information content (AvgIpc) is 2.98. The maximum absolute atomic E-state index is 12.1. The standard InChI is InChI=1S/C17H20N2O4/c1-12-4-9-15(23-12)17(2,21)11-18-16(20)14-7-5-13(6-8-14)10-19-22-3/h4-10,21H,11H2,1-3H3,(H,18,20). The maximum atomic E-state index is 12.1. The zero-order valence-electron chi connectivity index (χ0n) is 13.4. The van der Waals surface area contributed by atoms with Crippen molar-refractivity contribution in [2.45, 2.75) is 19.4 Å². The molecule has 2 N–H and O–H groups in total. The Morgan fingerprint density at radius 3 is 2.61 bits per heavy atom. The van der Waals surface area contributed by atoms with Gasteiger partial charge in [0.05, 0.1) is 12.8 Å². The molecule has 6 nitrogen and oxygen atoms in total. The van der Waals surface area contributed by atoms with Crippen LogP contribution in [0.25, 0.3) is 0 Å². The van der Waals surface area contributed by atoms with Crippen molar-refractivity contribution in [3.05, 3.63) is 59.0 Å². The Kier molecular flexibility index (Phi) is 5.18. The quantitative estimate of drug-likeness (QED) is 0.632. The molecule has 1 aromatic carbocycles. The zero-order valence-corrected chi connectivity index (χ0v) is 13.4. The van der Waals surface area contributed by atoms with Gasteiger partial charge in [-0.15, -0.1) is 0 Å². The molecule has 0 radical (unpaired) electrons. The van der Waals surface area contributed by atoms with E-state index in [2.05, 4.69) is 15.3 Å². The molecule has 1 atom stereocenters. The van der Waals surface area contributed by atoms with Crippen LogP contribution in [0.1, 0.15) is 34.4 Å². The second kappa shape index (κ2) is 7.11. The lowest BCUT2D eigenvalue weighted by Gasteiger charge is -2.21. The van der Waals surface area contributed by atoms with E-state index in [9.17, 15) is 9.90 Å². The summed E-state index contributed by atoms with van der Waals surface area (Å²) < 4.78 is 5.41. The molecular formula is C17H20N2O4. The molecule has 2 aromatic rings. The van der Waals surface area contributed by atoms with Gasteiger partial charge in [-0.1, -0.05) is 17.3 Å². The van der Waals surface area contributed by atoms with E-state index in [1.54, 1.807) is 56.5 Å². The van der Waals surface area contributed by atoms with Gasteiger partial charge in [0.1, 0.15) is 24.2 Å². The Morgan fingerprint density at radius 1 is 1.35 bits per heavy atom. The number of carbonyl (C=O) groups excluding carboxylic acids is 1. The Hall–Kier alpha value is -2.60. The third-order valence-electron chi connectivity index (χ3n) is 3.34. The number of nitrogens with one attached hydrogen (secondary N) is 1. The van der Waals surface area contributed by atoms with E-state index >= 15 is 0 Å². The first kappa shape index (κ1) is 16.8. The molecule has 1 aromatic heterocycles. The third kappa shape index (κ3) is 4.43. The zero-order chi connectivity index (χ0) is 16.9. The first-order chi connectivity index (χ1) is 10.9. The summed E-state index contributed by atoms with van der Waals surface area (Å²) in [4.78, 5) is 16.7. The molecule has 0 bridgehead atoms. The minimum Gasteiger partial charge on any atom is -0.463 e. The number of carbonyl (C=O) groups is 1. The van der Waals surface area contributed by atoms with Crippen LogP contribution >= 0.6 is 0 Å². The first-order valence-electron chi connectivity index (χ1n) is 7.16. The van der Waals surface area contributed by atoms with Crippen LogP contribution in [-0.4, -0.2) is 30.9 Å². The van der Waals surface area contributed by atoms with Gasteiger partial charge in [-0.3, -0.25) is 4.79 Å². The van der Waals surface area contributed by atoms with Gasteiger partial charge in [0.2, 0.25) is 0 Å². The number of rotatable bonds is 6. The van der Waals surface area contributed by atoms with Crippen molar-refractivity contribution < 1.29 is 19.2 Å². The molecule has 0 saturated heterocycles. The van der Waals surface area contributed by atoms with Crippen LogP contribution < -0.4 is 5.32 Å². The second-order valence-electron chi connectivity index (χ2n) is 5.41. The molecular weight excluding hydrogens is 296 g/mol. The van der Waals surface area contributed by atoms with Crippen molar-refractivity contribution in [2.24, 2.45) is 5.16 Å². The van der Waals surface area contributed by atoms with Gasteiger partial charge in [-0.2, -0.15) is 0 Å². The minimum absolute atomic E-state index is 0.0473. The van der Waals surface area contributed by atoms with E-state index in [1.807, 2.05) is 0 Å². The number of hydrogen-bond acceptors (Lipinski definition) is 5. The highest BCUT2D eigenvalue weighted by molar-refractivity contribution is 5.95. The van der Waals surface area contributed by atoms with Crippen LogP contribution in [0.3, 0.4) is 0 Å². The summed E-state index contributed by atoms with van der Waals surface area (Å²) in [6.45, 7) is 3.44. The van der Waals surface area contributed by atoms with Crippen LogP contribution in [0.2, 0.25) is 0 Å². The lowest BCUT2D eigenvalue weighted by Crippen LogP contribution is -2.38. The van der Waals surface area contributed by atoms with E-state index < -0.39 is 5.60 Å². The summed E-state index contributed by atoms with van der Waals surface area (Å²) in [7, 11) is 1.46. The summed E-state index contributed by atoms with van der Waals surface area (Å²) in [6.07, 6.45) is 1.55. The molecule has 1 unspecified atom stereocenters. The number of nitrogens with zero attached hydrogens (tertiary/aromatic N) is 1. The molecule has 0 aliphatic rings. The van der Waals surface area contributed by atoms with Gasteiger partial charge in [-0.05, 0) is 43.7 Å². The Balaban J connectivity index is 1.97. The van der Waals surface area contributed by atoms with E-state index in [0.29, 0.717) is 17.1 Å². The highest BCUT2D eigenvalue weighted by atomic mass is 16.6. The fraction of sp³-hybridized carbons (Fsp3) is 0.294. The molecule has 122 valence electrons. The summed E-state index contributed by atoms with van der Waals surface area (Å²) >= 11 is 0. The minimum atomic E-state index is -1.27. The second-order valence-corrected chi connectivity index (χ2v) is 5.41. The summed E-state index contributed by atoms with van der Waals surface area (Å²) in [5, 5.41) is 16.8. The van der Waals surface area contributed by atoms with Crippen LogP contribution in [0.15, 0.2) is 46.0 Å². The Labute approximate surface area is 134 Å². The van der Waals surface area contributed by atoms with Crippen LogP contribution in [0.4, 0.5) is 0 Å². The molecule has 0 fully saturated rings. The fourth-order valence-corrected chi connectivity index (χ4v) is 2.00. The molecule has 0 aliphatic heterocycles. The van der Waals surface area contributed by atoms with E-state index in [-0.39, 0.29) is 12.5 Å². The van der Waals surface area contributed by atoms with Crippen LogP contribution in [0.5, 0.6) is 0 Å². The predicted octanol–water partition coefficient (Wildman–Crippen LogP) is 2.21. The van der Waals surface area contributed by atoms with Gasteiger partial charge in [0.25, 0.3) is 5.91 Å². The van der Waals surface area contributed by atoms with E-state index in [1.165, 1.54) is 7.11 Å². The molecule has 1 amide bonds. The lowest BCUT2D eigenvalue weighted by atomic mass is 10.0. The SMILES string of the molecule is CON=Cc1ccc(C(=O)NCC(C)(O)c2ccc(C)o2)cc1. The van der Waals surface area contributed by atoms with E-state index in [4.69, 9.17) is 4.42 Å². The average molecular weight is 316 g/mol. The number of furan rings is 1. The topological polar surface area (TPSA) is 84.1 Å². The fourth-order valence-electron chi connectivity index (χ4n) is 2.00. The number of aryl methyl sites for hydroxylation is 1. The van der Waals surface area contributed by atoms with Crippen LogP contribution in [0, 0.1) is 6.92 Å². The monoisotopic (exact) mass is 316 g/mol. The molecule has 2 rings (SSSR count). The maximum Gasteiger partial charge on any atom is 0.251 e. The Morgan fingerprint density at radius 2 is 2.04 bits per heavy atom. The number of benzene rings is 1. The van der Waals surface area contributed by atoms with Crippen molar-refractivity contribution >= 4 is 12.1 Å². The number of amides is 1. The van der Waals surface area contributed by atoms with Gasteiger partial charge in [-0.25, -0.2) is 0 Å². The van der Waals surface area contributed by atoms with Crippen molar-refractivity contribution in [3.63, 3.8) is 0 Å². The third-order valence-corrected chi connectivity index (χ3v) is 3.34. The van der Waals surface area contributed by atoms with Gasteiger partial charge in [0, 0.05) is 5.56 Å². The summed E-state index contributed by atoms with van der Waals surface area (Å²) in [5.74, 6) is 0.852. The van der Waals surface area contributed by atoms with Crippen molar-refractivity contribution in [3.8, 4) is 0 Å². The highest BCUT2D eigenvalue weighted by Gasteiger charge is 2.27. The summed E-state index contributed by atoms with van der Waals surface area (Å²) in [6, 6.07) is 10.3. The van der Waals surface area contributed by atoms with Gasteiger partial charge >= 0.3 is 0 Å². The summed E-state index contributed by atoms with van der Waals surface area (Å²) in [5.41, 5.74) is 0.0436. The number of oxime groups is 1.